The van der Waals surface area contributed by atoms with Gasteiger partial charge in [0.15, 0.2) is 5.13 Å². The average Bonchev–Trinajstić information content (AvgIpc) is 3.43. The van der Waals surface area contributed by atoms with E-state index in [0.717, 1.165) is 47.7 Å². The SMILES string of the molecule is CN(CC(=O)N1CCCN(C(=O)C2CC2)CC1)c1nc2ccccc2s1. The summed E-state index contributed by atoms with van der Waals surface area (Å²) in [6.07, 6.45) is 2.92. The van der Waals surface area contributed by atoms with Crippen molar-refractivity contribution in [3.8, 4) is 0 Å². The fourth-order valence-electron chi connectivity index (χ4n) is 3.37. The third-order valence-corrected chi connectivity index (χ3v) is 6.22. The van der Waals surface area contributed by atoms with Gasteiger partial charge in [0.1, 0.15) is 0 Å². The average molecular weight is 372 g/mol. The first-order chi connectivity index (χ1) is 12.6. The van der Waals surface area contributed by atoms with E-state index < -0.39 is 0 Å². The van der Waals surface area contributed by atoms with Crippen LogP contribution in [0.4, 0.5) is 5.13 Å². The van der Waals surface area contributed by atoms with Gasteiger partial charge in [0, 0.05) is 39.1 Å². The summed E-state index contributed by atoms with van der Waals surface area (Å²) in [4.78, 5) is 35.3. The molecule has 0 spiro atoms. The summed E-state index contributed by atoms with van der Waals surface area (Å²) in [5.74, 6) is 0.640. The number of para-hydroxylation sites is 1. The Morgan fingerprint density at radius 3 is 2.65 bits per heavy atom. The Kier molecular flexibility index (Phi) is 4.80. The van der Waals surface area contributed by atoms with Crippen LogP contribution in [0.2, 0.25) is 0 Å². The molecule has 7 heteroatoms. The van der Waals surface area contributed by atoms with E-state index in [1.807, 2.05) is 46.0 Å². The van der Waals surface area contributed by atoms with E-state index in [9.17, 15) is 9.59 Å². The van der Waals surface area contributed by atoms with Gasteiger partial charge in [0.05, 0.1) is 16.8 Å². The number of carbonyl (C=O) groups excluding carboxylic acids is 2. The van der Waals surface area contributed by atoms with Gasteiger partial charge in [-0.3, -0.25) is 9.59 Å². The summed E-state index contributed by atoms with van der Waals surface area (Å²) in [6.45, 7) is 3.10. The molecule has 2 aromatic rings. The van der Waals surface area contributed by atoms with E-state index in [2.05, 4.69) is 4.98 Å². The van der Waals surface area contributed by atoms with Crippen molar-refractivity contribution in [1.82, 2.24) is 14.8 Å². The molecule has 138 valence electrons. The first kappa shape index (κ1) is 17.3. The molecule has 2 fully saturated rings. The summed E-state index contributed by atoms with van der Waals surface area (Å²) in [7, 11) is 1.91. The number of thiazole rings is 1. The van der Waals surface area contributed by atoms with Crippen molar-refractivity contribution in [2.24, 2.45) is 5.92 Å². The van der Waals surface area contributed by atoms with Crippen LogP contribution < -0.4 is 4.90 Å². The molecule has 2 amide bonds. The number of hydrogen-bond acceptors (Lipinski definition) is 5. The molecule has 2 aliphatic rings. The second-order valence-corrected chi connectivity index (χ2v) is 8.16. The summed E-state index contributed by atoms with van der Waals surface area (Å²) < 4.78 is 1.13. The molecule has 0 atom stereocenters. The van der Waals surface area contributed by atoms with Crippen LogP contribution in [0.5, 0.6) is 0 Å². The van der Waals surface area contributed by atoms with Gasteiger partial charge < -0.3 is 14.7 Å². The number of carbonyl (C=O) groups is 2. The van der Waals surface area contributed by atoms with Crippen molar-refractivity contribution in [2.75, 3.05) is 44.7 Å². The van der Waals surface area contributed by atoms with Crippen molar-refractivity contribution in [3.05, 3.63) is 24.3 Å². The normalized spacial score (nSPS) is 18.0. The number of rotatable bonds is 4. The maximum absolute atomic E-state index is 12.7. The minimum absolute atomic E-state index is 0.104. The molecule has 26 heavy (non-hydrogen) atoms. The maximum atomic E-state index is 12.7. The van der Waals surface area contributed by atoms with E-state index in [-0.39, 0.29) is 17.7 Å². The molecule has 1 aliphatic heterocycles. The molecule has 1 saturated heterocycles. The molecule has 0 N–H and O–H groups in total. The molecular formula is C19H24N4O2S. The molecule has 1 aromatic carbocycles. The quantitative estimate of drug-likeness (QED) is 0.826. The lowest BCUT2D eigenvalue weighted by atomic mass is 10.3. The van der Waals surface area contributed by atoms with E-state index in [1.165, 1.54) is 0 Å². The molecule has 0 bridgehead atoms. The molecule has 0 radical (unpaired) electrons. The van der Waals surface area contributed by atoms with Gasteiger partial charge in [-0.15, -0.1) is 0 Å². The van der Waals surface area contributed by atoms with Crippen LogP contribution in [0.25, 0.3) is 10.2 Å². The predicted molar refractivity (Wildman–Crippen MR) is 103 cm³/mol. The third-order valence-electron chi connectivity index (χ3n) is 5.07. The van der Waals surface area contributed by atoms with Gasteiger partial charge in [-0.05, 0) is 31.4 Å². The van der Waals surface area contributed by atoms with E-state index in [0.29, 0.717) is 19.6 Å². The molecule has 1 aromatic heterocycles. The Morgan fingerprint density at radius 2 is 1.88 bits per heavy atom. The highest BCUT2D eigenvalue weighted by Gasteiger charge is 2.34. The molecule has 2 heterocycles. The Labute approximate surface area is 157 Å². The number of anilines is 1. The second kappa shape index (κ2) is 7.23. The molecule has 6 nitrogen and oxygen atoms in total. The Hall–Kier alpha value is -2.15. The summed E-state index contributed by atoms with van der Waals surface area (Å²) >= 11 is 1.60. The van der Waals surface area contributed by atoms with Gasteiger partial charge in [-0.25, -0.2) is 4.98 Å². The topological polar surface area (TPSA) is 56.8 Å². The van der Waals surface area contributed by atoms with Crippen LogP contribution in [0.15, 0.2) is 24.3 Å². The van der Waals surface area contributed by atoms with Crippen LogP contribution in [0.3, 0.4) is 0 Å². The van der Waals surface area contributed by atoms with E-state index in [4.69, 9.17) is 0 Å². The lowest BCUT2D eigenvalue weighted by Crippen LogP contribution is -2.42. The zero-order valence-corrected chi connectivity index (χ0v) is 15.9. The number of benzene rings is 1. The zero-order valence-electron chi connectivity index (χ0n) is 15.1. The van der Waals surface area contributed by atoms with Crippen molar-refractivity contribution >= 4 is 38.5 Å². The number of likely N-dealkylation sites (N-methyl/N-ethyl adjacent to an activating group) is 1. The van der Waals surface area contributed by atoms with Gasteiger partial charge in [-0.1, -0.05) is 23.5 Å². The molecule has 1 saturated carbocycles. The lowest BCUT2D eigenvalue weighted by molar-refractivity contribution is -0.133. The zero-order chi connectivity index (χ0) is 18.1. The standard InChI is InChI=1S/C19H24N4O2S/c1-21(19-20-15-5-2-3-6-16(15)26-19)13-17(24)22-9-4-10-23(12-11-22)18(25)14-7-8-14/h2-3,5-6,14H,4,7-13H2,1H3. The Balaban J connectivity index is 1.35. The van der Waals surface area contributed by atoms with Crippen molar-refractivity contribution in [1.29, 1.82) is 0 Å². The Bertz CT molecular complexity index is 784. The van der Waals surface area contributed by atoms with Crippen molar-refractivity contribution in [3.63, 3.8) is 0 Å². The lowest BCUT2D eigenvalue weighted by Gasteiger charge is -2.24. The molecule has 4 rings (SSSR count). The predicted octanol–water partition coefficient (Wildman–Crippen LogP) is 2.20. The summed E-state index contributed by atoms with van der Waals surface area (Å²) in [6, 6.07) is 8.02. The van der Waals surface area contributed by atoms with Crippen LogP contribution in [0, 0.1) is 5.92 Å². The van der Waals surface area contributed by atoms with Crippen LogP contribution in [-0.2, 0) is 9.59 Å². The highest BCUT2D eigenvalue weighted by Crippen LogP contribution is 2.31. The summed E-state index contributed by atoms with van der Waals surface area (Å²) in [5.41, 5.74) is 0.968. The van der Waals surface area contributed by atoms with Gasteiger partial charge in [0.2, 0.25) is 11.8 Å². The molecule has 0 unspecified atom stereocenters. The monoisotopic (exact) mass is 372 g/mol. The maximum Gasteiger partial charge on any atom is 0.242 e. The number of nitrogens with zero attached hydrogens (tertiary/aromatic N) is 4. The van der Waals surface area contributed by atoms with Gasteiger partial charge in [-0.2, -0.15) is 0 Å². The van der Waals surface area contributed by atoms with E-state index >= 15 is 0 Å². The fraction of sp³-hybridized carbons (Fsp3) is 0.526. The minimum atomic E-state index is 0.104. The largest absolute Gasteiger partial charge is 0.342 e. The van der Waals surface area contributed by atoms with Crippen LogP contribution >= 0.6 is 11.3 Å². The number of hydrogen-bond donors (Lipinski definition) is 0. The number of aromatic nitrogens is 1. The first-order valence-electron chi connectivity index (χ1n) is 9.25. The van der Waals surface area contributed by atoms with E-state index in [1.54, 1.807) is 11.3 Å². The smallest absolute Gasteiger partial charge is 0.242 e. The van der Waals surface area contributed by atoms with Gasteiger partial charge >= 0.3 is 0 Å². The van der Waals surface area contributed by atoms with Crippen LogP contribution in [0.1, 0.15) is 19.3 Å². The Morgan fingerprint density at radius 1 is 1.15 bits per heavy atom. The highest BCUT2D eigenvalue weighted by molar-refractivity contribution is 7.22. The third kappa shape index (κ3) is 3.67. The number of amides is 2. The fourth-order valence-corrected chi connectivity index (χ4v) is 4.30. The van der Waals surface area contributed by atoms with Crippen molar-refractivity contribution < 1.29 is 9.59 Å². The second-order valence-electron chi connectivity index (χ2n) is 7.15. The summed E-state index contributed by atoms with van der Waals surface area (Å²) in [5, 5.41) is 0.861. The first-order valence-corrected chi connectivity index (χ1v) is 10.1. The van der Waals surface area contributed by atoms with Crippen LogP contribution in [-0.4, -0.2) is 66.4 Å². The molecular weight excluding hydrogens is 348 g/mol. The van der Waals surface area contributed by atoms with Gasteiger partial charge in [0.25, 0.3) is 0 Å². The molecule has 1 aliphatic carbocycles. The highest BCUT2D eigenvalue weighted by atomic mass is 32.1. The number of fused-ring (bicyclic) bond motifs is 1. The van der Waals surface area contributed by atoms with Crippen molar-refractivity contribution in [2.45, 2.75) is 19.3 Å². The minimum Gasteiger partial charge on any atom is -0.342 e.